The summed E-state index contributed by atoms with van der Waals surface area (Å²) in [6.45, 7) is 1.29. The molecular formula is C18H23N7O3S. The van der Waals surface area contributed by atoms with E-state index in [0.717, 1.165) is 16.7 Å². The van der Waals surface area contributed by atoms with Crippen molar-refractivity contribution < 1.29 is 13.2 Å². The Morgan fingerprint density at radius 2 is 2.00 bits per heavy atom. The second-order valence-corrected chi connectivity index (χ2v) is 9.18. The number of rotatable bonds is 5. The number of anilines is 1. The Balaban J connectivity index is 1.67. The molecule has 1 fully saturated rings. The average Bonchev–Trinajstić information content (AvgIpc) is 3.17. The summed E-state index contributed by atoms with van der Waals surface area (Å²) in [6.07, 6.45) is 5.25. The Kier molecular flexibility index (Phi) is 5.97. The molecule has 0 spiro atoms. The Morgan fingerprint density at radius 1 is 1.28 bits per heavy atom. The molecule has 1 aliphatic rings. The predicted molar refractivity (Wildman–Crippen MR) is 111 cm³/mol. The van der Waals surface area contributed by atoms with Crippen molar-refractivity contribution in [1.29, 1.82) is 0 Å². The Bertz CT molecular complexity index is 1020. The molecule has 0 radical (unpaired) electrons. The van der Waals surface area contributed by atoms with Crippen LogP contribution < -0.4 is 21.7 Å². The summed E-state index contributed by atoms with van der Waals surface area (Å²) in [6, 6.07) is 6.94. The molecule has 29 heavy (non-hydrogen) atoms. The van der Waals surface area contributed by atoms with Gasteiger partial charge in [0.1, 0.15) is 0 Å². The fourth-order valence-electron chi connectivity index (χ4n) is 3.09. The minimum absolute atomic E-state index is 0.267. The van der Waals surface area contributed by atoms with Crippen LogP contribution in [0.4, 0.5) is 10.7 Å². The first kappa shape index (κ1) is 20.5. The highest BCUT2D eigenvalue weighted by molar-refractivity contribution is 7.91. The van der Waals surface area contributed by atoms with Gasteiger partial charge in [0, 0.05) is 43.8 Å². The zero-order chi connectivity index (χ0) is 21.0. The Labute approximate surface area is 169 Å². The lowest BCUT2D eigenvalue weighted by molar-refractivity contribution is 0.249. The molecule has 0 saturated carbocycles. The highest BCUT2D eigenvalue weighted by Crippen LogP contribution is 2.23. The zero-order valence-corrected chi connectivity index (χ0v) is 16.8. The van der Waals surface area contributed by atoms with Gasteiger partial charge in [0.05, 0.1) is 5.25 Å². The third-order valence-corrected chi connectivity index (χ3v) is 6.20. The van der Waals surface area contributed by atoms with Gasteiger partial charge in [-0.15, -0.1) is 0 Å². The Hall–Kier alpha value is -3.21. The van der Waals surface area contributed by atoms with Gasteiger partial charge in [0.25, 0.3) is 0 Å². The first-order valence-electron chi connectivity index (χ1n) is 8.95. The quantitative estimate of drug-likeness (QED) is 0.461. The third-order valence-electron chi connectivity index (χ3n) is 4.61. The van der Waals surface area contributed by atoms with Crippen LogP contribution in [0.25, 0.3) is 11.1 Å². The van der Waals surface area contributed by atoms with Gasteiger partial charge in [-0.1, -0.05) is 18.2 Å². The summed E-state index contributed by atoms with van der Waals surface area (Å²) >= 11 is 0. The second kappa shape index (κ2) is 8.43. The lowest BCUT2D eigenvalue weighted by Gasteiger charge is -2.16. The number of urea groups is 1. The highest BCUT2D eigenvalue weighted by atomic mass is 32.2. The molecule has 0 bridgehead atoms. The van der Waals surface area contributed by atoms with Crippen molar-refractivity contribution in [2.24, 2.45) is 16.5 Å². The molecule has 2 amide bonds. The number of guanidine groups is 1. The number of benzene rings is 1. The predicted octanol–water partition coefficient (Wildman–Crippen LogP) is 0.250. The number of carbonyl (C=O) groups excluding carboxylic acids is 1. The third kappa shape index (κ3) is 5.41. The fourth-order valence-corrected chi connectivity index (χ4v) is 4.07. The molecule has 3 rings (SSSR count). The zero-order valence-electron chi connectivity index (χ0n) is 15.9. The van der Waals surface area contributed by atoms with E-state index in [1.807, 2.05) is 29.2 Å². The fraction of sp³-hybridized carbons (Fsp3) is 0.333. The van der Waals surface area contributed by atoms with E-state index in [-0.39, 0.29) is 17.8 Å². The topological polar surface area (TPSA) is 157 Å². The van der Waals surface area contributed by atoms with Gasteiger partial charge in [0.2, 0.25) is 5.95 Å². The number of aromatic nitrogens is 2. The van der Waals surface area contributed by atoms with Crippen LogP contribution in [0.5, 0.6) is 0 Å². The number of nitrogens with one attached hydrogen (secondary N) is 1. The van der Waals surface area contributed by atoms with Crippen molar-refractivity contribution >= 4 is 27.8 Å². The molecule has 154 valence electrons. The van der Waals surface area contributed by atoms with Gasteiger partial charge in [-0.05, 0) is 23.6 Å². The molecule has 10 nitrogen and oxygen atoms in total. The minimum atomic E-state index is -3.07. The number of aliphatic imine (C=N–C) groups is 1. The lowest BCUT2D eigenvalue weighted by atomic mass is 10.1. The summed E-state index contributed by atoms with van der Waals surface area (Å²) in [5, 5.41) is 2.22. The van der Waals surface area contributed by atoms with Crippen LogP contribution in [0, 0.1) is 0 Å². The molecule has 1 aromatic carbocycles. The van der Waals surface area contributed by atoms with Crippen LogP contribution in [-0.2, 0) is 16.4 Å². The monoisotopic (exact) mass is 417 g/mol. The van der Waals surface area contributed by atoms with E-state index in [1.54, 1.807) is 12.4 Å². The maximum absolute atomic E-state index is 11.7. The van der Waals surface area contributed by atoms with E-state index in [0.29, 0.717) is 25.5 Å². The van der Waals surface area contributed by atoms with Crippen molar-refractivity contribution in [3.8, 4) is 11.1 Å². The Morgan fingerprint density at radius 3 is 2.62 bits per heavy atom. The smallest absolute Gasteiger partial charge is 0.344 e. The SMILES string of the molecule is CS(=O)(=O)C1CCN(c2ncc(-c3cccc(CNC(=O)N=C(N)N)c3)cn2)C1. The standard InChI is InChI=1S/C18H23N7O3S/c1-29(27,28)15-5-6-25(11-15)17-21-9-14(10-22-17)13-4-2-3-12(7-13)8-23-18(26)24-16(19)20/h2-4,7,9-10,15H,5-6,8,11H2,1H3,(H5,19,20,23,24,26). The molecular weight excluding hydrogens is 394 g/mol. The van der Waals surface area contributed by atoms with Crippen molar-refractivity contribution in [2.75, 3.05) is 24.2 Å². The van der Waals surface area contributed by atoms with Crippen LogP contribution in [-0.4, -0.2) is 55.0 Å². The molecule has 1 atom stereocenters. The number of amides is 2. The van der Waals surface area contributed by atoms with E-state index >= 15 is 0 Å². The van der Waals surface area contributed by atoms with Gasteiger partial charge in [-0.3, -0.25) is 0 Å². The largest absolute Gasteiger partial charge is 0.370 e. The number of carbonyl (C=O) groups is 1. The maximum atomic E-state index is 11.7. The summed E-state index contributed by atoms with van der Waals surface area (Å²) in [7, 11) is -3.07. The molecule has 1 aliphatic heterocycles. The van der Waals surface area contributed by atoms with E-state index in [2.05, 4.69) is 20.3 Å². The second-order valence-electron chi connectivity index (χ2n) is 6.85. The molecule has 0 aliphatic carbocycles. The van der Waals surface area contributed by atoms with Crippen LogP contribution >= 0.6 is 0 Å². The number of hydrogen-bond acceptors (Lipinski definition) is 6. The van der Waals surface area contributed by atoms with Gasteiger partial charge < -0.3 is 21.7 Å². The van der Waals surface area contributed by atoms with Crippen molar-refractivity contribution in [3.63, 3.8) is 0 Å². The van der Waals surface area contributed by atoms with Gasteiger partial charge in [-0.2, -0.15) is 4.99 Å². The number of nitrogens with zero attached hydrogens (tertiary/aromatic N) is 4. The van der Waals surface area contributed by atoms with Gasteiger partial charge >= 0.3 is 6.03 Å². The molecule has 2 heterocycles. The van der Waals surface area contributed by atoms with E-state index in [4.69, 9.17) is 11.5 Å². The maximum Gasteiger partial charge on any atom is 0.344 e. The first-order chi connectivity index (χ1) is 13.7. The number of hydrogen-bond donors (Lipinski definition) is 3. The van der Waals surface area contributed by atoms with Crippen LogP contribution in [0.3, 0.4) is 0 Å². The van der Waals surface area contributed by atoms with Crippen molar-refractivity contribution in [2.45, 2.75) is 18.2 Å². The van der Waals surface area contributed by atoms with E-state index < -0.39 is 15.9 Å². The van der Waals surface area contributed by atoms with Crippen LogP contribution in [0.2, 0.25) is 0 Å². The van der Waals surface area contributed by atoms with Gasteiger partial charge in [0.15, 0.2) is 15.8 Å². The molecule has 1 unspecified atom stereocenters. The number of sulfone groups is 1. The lowest BCUT2D eigenvalue weighted by Crippen LogP contribution is -2.28. The number of nitrogens with two attached hydrogens (primary N) is 2. The average molecular weight is 417 g/mol. The van der Waals surface area contributed by atoms with Crippen LogP contribution in [0.1, 0.15) is 12.0 Å². The molecule has 5 N–H and O–H groups in total. The summed E-state index contributed by atoms with van der Waals surface area (Å²) < 4.78 is 23.4. The highest BCUT2D eigenvalue weighted by Gasteiger charge is 2.31. The molecule has 1 aromatic heterocycles. The summed E-state index contributed by atoms with van der Waals surface area (Å²) in [5.41, 5.74) is 12.9. The molecule has 11 heteroatoms. The molecule has 2 aromatic rings. The molecule has 1 saturated heterocycles. The first-order valence-corrected chi connectivity index (χ1v) is 10.9. The van der Waals surface area contributed by atoms with Gasteiger partial charge in [-0.25, -0.2) is 23.2 Å². The summed E-state index contributed by atoms with van der Waals surface area (Å²) in [5.74, 6) is 0.218. The van der Waals surface area contributed by atoms with Crippen molar-refractivity contribution in [3.05, 3.63) is 42.2 Å². The minimum Gasteiger partial charge on any atom is -0.370 e. The van der Waals surface area contributed by atoms with E-state index in [9.17, 15) is 13.2 Å². The summed E-state index contributed by atoms with van der Waals surface area (Å²) in [4.78, 5) is 25.6. The van der Waals surface area contributed by atoms with Crippen LogP contribution in [0.15, 0.2) is 41.7 Å². The van der Waals surface area contributed by atoms with E-state index in [1.165, 1.54) is 6.26 Å². The van der Waals surface area contributed by atoms with Crippen molar-refractivity contribution in [1.82, 2.24) is 15.3 Å². The normalized spacial score (nSPS) is 16.4.